The third-order valence-corrected chi connectivity index (χ3v) is 5.96. The van der Waals surface area contributed by atoms with Gasteiger partial charge in [0.1, 0.15) is 4.90 Å². The number of benzene rings is 2. The largest absolute Gasteiger partial charge is 0.323 e. The Bertz CT molecular complexity index is 1070. The van der Waals surface area contributed by atoms with E-state index in [9.17, 15) is 13.2 Å². The molecule has 0 unspecified atom stereocenters. The second kappa shape index (κ2) is 5.54. The van der Waals surface area contributed by atoms with Crippen LogP contribution in [0.15, 0.2) is 44.5 Å². The molecule has 1 aromatic heterocycles. The molecule has 0 aliphatic rings. The number of aromatic amines is 2. The van der Waals surface area contributed by atoms with Crippen LogP contribution < -0.4 is 10.4 Å². The van der Waals surface area contributed by atoms with E-state index >= 15 is 0 Å². The predicted molar refractivity (Wildman–Crippen MR) is 93.3 cm³/mol. The monoisotopic (exact) mass is 395 g/mol. The molecule has 2 aromatic carbocycles. The van der Waals surface area contributed by atoms with Crippen molar-refractivity contribution in [3.63, 3.8) is 0 Å². The number of H-pyrrole nitrogens is 2. The fraction of sp³-hybridized carbons (Fsp3) is 0.133. The van der Waals surface area contributed by atoms with Gasteiger partial charge in [-0.05, 0) is 65.2 Å². The van der Waals surface area contributed by atoms with Crippen LogP contribution in [-0.4, -0.2) is 18.4 Å². The minimum absolute atomic E-state index is 0.0541. The Hall–Kier alpha value is -2.06. The van der Waals surface area contributed by atoms with Crippen LogP contribution in [0.5, 0.6) is 0 Å². The van der Waals surface area contributed by atoms with E-state index in [0.29, 0.717) is 21.2 Å². The first-order chi connectivity index (χ1) is 10.8. The summed E-state index contributed by atoms with van der Waals surface area (Å²) in [5.41, 5.74) is 3.15. The van der Waals surface area contributed by atoms with Gasteiger partial charge < -0.3 is 9.97 Å². The van der Waals surface area contributed by atoms with Crippen LogP contribution in [0.4, 0.5) is 5.69 Å². The first kappa shape index (κ1) is 15.8. The molecular formula is C15H14BrN3O3S. The average Bonchev–Trinajstić information content (AvgIpc) is 2.80. The molecule has 0 spiro atoms. The molecule has 0 bridgehead atoms. The van der Waals surface area contributed by atoms with Crippen molar-refractivity contribution in [1.82, 2.24) is 9.97 Å². The molecule has 3 N–H and O–H groups in total. The fourth-order valence-corrected chi connectivity index (χ4v) is 4.38. The maximum Gasteiger partial charge on any atom is 0.323 e. The van der Waals surface area contributed by atoms with E-state index in [-0.39, 0.29) is 10.6 Å². The number of imidazole rings is 1. The SMILES string of the molecule is Cc1ccc(NS(=O)(=O)c2cc3[nH]c(=O)[nH]c3cc2Br)cc1C. The molecule has 0 saturated carbocycles. The van der Waals surface area contributed by atoms with Gasteiger partial charge in [0.2, 0.25) is 0 Å². The summed E-state index contributed by atoms with van der Waals surface area (Å²) in [5, 5.41) is 0. The normalized spacial score (nSPS) is 11.8. The summed E-state index contributed by atoms with van der Waals surface area (Å²) in [6.45, 7) is 3.88. The molecule has 0 amide bonds. The lowest BCUT2D eigenvalue weighted by Crippen LogP contribution is -2.13. The van der Waals surface area contributed by atoms with Crippen molar-refractivity contribution < 1.29 is 8.42 Å². The van der Waals surface area contributed by atoms with Gasteiger partial charge in [-0.2, -0.15) is 0 Å². The minimum atomic E-state index is -3.79. The molecule has 3 aromatic rings. The molecule has 0 aliphatic carbocycles. The maximum absolute atomic E-state index is 12.6. The van der Waals surface area contributed by atoms with Gasteiger partial charge in [-0.25, -0.2) is 13.2 Å². The number of hydrogen-bond donors (Lipinski definition) is 3. The molecule has 0 radical (unpaired) electrons. The summed E-state index contributed by atoms with van der Waals surface area (Å²) in [6.07, 6.45) is 0. The van der Waals surface area contributed by atoms with E-state index in [4.69, 9.17) is 0 Å². The van der Waals surface area contributed by atoms with Gasteiger partial charge in [-0.1, -0.05) is 6.07 Å². The summed E-state index contributed by atoms with van der Waals surface area (Å²) in [6, 6.07) is 8.32. The molecule has 8 heteroatoms. The van der Waals surface area contributed by atoms with Gasteiger partial charge >= 0.3 is 5.69 Å². The van der Waals surface area contributed by atoms with Crippen LogP contribution in [0, 0.1) is 13.8 Å². The Morgan fingerprint density at radius 2 is 1.65 bits per heavy atom. The molecule has 120 valence electrons. The third kappa shape index (κ3) is 3.04. The van der Waals surface area contributed by atoms with Crippen LogP contribution in [0.25, 0.3) is 11.0 Å². The summed E-state index contributed by atoms with van der Waals surface area (Å²) in [5.74, 6) is 0. The molecule has 0 fully saturated rings. The van der Waals surface area contributed by atoms with Gasteiger partial charge in [0, 0.05) is 10.2 Å². The second-order valence-electron chi connectivity index (χ2n) is 5.31. The fourth-order valence-electron chi connectivity index (χ4n) is 2.26. The lowest BCUT2D eigenvalue weighted by atomic mass is 10.1. The van der Waals surface area contributed by atoms with Gasteiger partial charge in [0.15, 0.2) is 0 Å². The minimum Gasteiger partial charge on any atom is -0.306 e. The van der Waals surface area contributed by atoms with E-state index in [0.717, 1.165) is 11.1 Å². The third-order valence-electron chi connectivity index (χ3n) is 3.62. The lowest BCUT2D eigenvalue weighted by Gasteiger charge is -2.11. The van der Waals surface area contributed by atoms with Crippen molar-refractivity contribution in [2.45, 2.75) is 18.7 Å². The molecule has 3 rings (SSSR count). The van der Waals surface area contributed by atoms with E-state index < -0.39 is 10.0 Å². The number of rotatable bonds is 3. The summed E-state index contributed by atoms with van der Waals surface area (Å²) in [7, 11) is -3.79. The Morgan fingerprint density at radius 3 is 2.30 bits per heavy atom. The topological polar surface area (TPSA) is 94.8 Å². The highest BCUT2D eigenvalue weighted by molar-refractivity contribution is 9.10. The number of fused-ring (bicyclic) bond motifs is 1. The van der Waals surface area contributed by atoms with Crippen LogP contribution in [-0.2, 0) is 10.0 Å². The van der Waals surface area contributed by atoms with Crippen molar-refractivity contribution >= 4 is 42.7 Å². The van der Waals surface area contributed by atoms with Crippen molar-refractivity contribution in [2.75, 3.05) is 4.72 Å². The first-order valence-corrected chi connectivity index (χ1v) is 9.05. The van der Waals surface area contributed by atoms with Crippen molar-refractivity contribution in [2.24, 2.45) is 0 Å². The van der Waals surface area contributed by atoms with Crippen molar-refractivity contribution in [1.29, 1.82) is 0 Å². The lowest BCUT2D eigenvalue weighted by molar-refractivity contribution is 0.601. The highest BCUT2D eigenvalue weighted by Crippen LogP contribution is 2.28. The van der Waals surface area contributed by atoms with Crippen molar-refractivity contribution in [3.8, 4) is 0 Å². The number of sulfonamides is 1. The molecule has 0 atom stereocenters. The first-order valence-electron chi connectivity index (χ1n) is 6.78. The molecule has 6 nitrogen and oxygen atoms in total. The number of aryl methyl sites for hydroxylation is 2. The predicted octanol–water partition coefficient (Wildman–Crippen LogP) is 3.04. The van der Waals surface area contributed by atoms with Crippen LogP contribution in [0.3, 0.4) is 0 Å². The zero-order chi connectivity index (χ0) is 16.8. The van der Waals surface area contributed by atoms with Crippen LogP contribution in [0.1, 0.15) is 11.1 Å². The van der Waals surface area contributed by atoms with E-state index in [1.165, 1.54) is 6.07 Å². The summed E-state index contributed by atoms with van der Waals surface area (Å²) < 4.78 is 28.2. The average molecular weight is 396 g/mol. The van der Waals surface area contributed by atoms with Gasteiger partial charge in [0.25, 0.3) is 10.0 Å². The number of halogens is 1. The summed E-state index contributed by atoms with van der Waals surface area (Å²) >= 11 is 3.25. The Balaban J connectivity index is 2.06. The van der Waals surface area contributed by atoms with E-state index in [2.05, 4.69) is 30.6 Å². The number of aromatic nitrogens is 2. The van der Waals surface area contributed by atoms with Gasteiger partial charge in [0.05, 0.1) is 11.0 Å². The highest BCUT2D eigenvalue weighted by atomic mass is 79.9. The van der Waals surface area contributed by atoms with Crippen molar-refractivity contribution in [3.05, 3.63) is 56.4 Å². The highest BCUT2D eigenvalue weighted by Gasteiger charge is 2.19. The van der Waals surface area contributed by atoms with Crippen LogP contribution in [0.2, 0.25) is 0 Å². The van der Waals surface area contributed by atoms with Gasteiger partial charge in [-0.3, -0.25) is 4.72 Å². The van der Waals surface area contributed by atoms with Crippen LogP contribution >= 0.6 is 15.9 Å². The maximum atomic E-state index is 12.6. The van der Waals surface area contributed by atoms with E-state index in [1.807, 2.05) is 19.9 Å². The standard InChI is InChI=1S/C15H14BrN3O3S/c1-8-3-4-10(5-9(8)2)19-23(21,22)14-7-13-12(6-11(14)16)17-15(20)18-13/h3-7,19H,1-2H3,(H2,17,18,20). The number of nitrogens with one attached hydrogen (secondary N) is 3. The Morgan fingerprint density at radius 1 is 1.00 bits per heavy atom. The zero-order valence-corrected chi connectivity index (χ0v) is 14.8. The zero-order valence-electron chi connectivity index (χ0n) is 12.4. The van der Waals surface area contributed by atoms with E-state index in [1.54, 1.807) is 18.2 Å². The summed E-state index contributed by atoms with van der Waals surface area (Å²) in [4.78, 5) is 16.5. The van der Waals surface area contributed by atoms with Gasteiger partial charge in [-0.15, -0.1) is 0 Å². The smallest absolute Gasteiger partial charge is 0.306 e. The molecule has 0 saturated heterocycles. The molecule has 0 aliphatic heterocycles. The molecule has 23 heavy (non-hydrogen) atoms. The Labute approximate surface area is 141 Å². The molecule has 1 heterocycles. The number of anilines is 1. The Kier molecular flexibility index (Phi) is 3.81. The number of hydrogen-bond acceptors (Lipinski definition) is 3. The molecular weight excluding hydrogens is 382 g/mol. The second-order valence-corrected chi connectivity index (χ2v) is 7.82. The quantitative estimate of drug-likeness (QED) is 0.635.